The van der Waals surface area contributed by atoms with Crippen LogP contribution in [0.2, 0.25) is 0 Å². The van der Waals surface area contributed by atoms with Crippen LogP contribution in [0.15, 0.2) is 24.3 Å². The molecule has 0 radical (unpaired) electrons. The average molecular weight is 333 g/mol. The van der Waals surface area contributed by atoms with Crippen molar-refractivity contribution in [3.63, 3.8) is 0 Å². The van der Waals surface area contributed by atoms with E-state index in [4.69, 9.17) is 17.0 Å². The maximum atomic E-state index is 5.76. The monoisotopic (exact) mass is 332 g/mol. The Morgan fingerprint density at radius 3 is 2.48 bits per heavy atom. The zero-order valence-corrected chi connectivity index (χ0v) is 15.1. The van der Waals surface area contributed by atoms with E-state index in [9.17, 15) is 0 Å². The summed E-state index contributed by atoms with van der Waals surface area (Å²) in [5.74, 6) is 1.63. The molecule has 3 nitrogen and oxygen atoms in total. The van der Waals surface area contributed by atoms with Crippen molar-refractivity contribution in [2.24, 2.45) is 5.92 Å². The standard InChI is InChI=1S/C19H28N2OS/c1-14-5-3-4-6-18(14)20-19(23)21(16-9-10-16)13-15-7-11-17(22-2)12-8-15/h7-8,11-12,14,16,18H,3-6,9-10,13H2,1-2H3,(H,20,23)/t14-,18-/m1/s1. The Morgan fingerprint density at radius 1 is 1.17 bits per heavy atom. The number of ether oxygens (including phenoxy) is 1. The Kier molecular flexibility index (Phi) is 5.42. The first-order valence-corrected chi connectivity index (χ1v) is 9.28. The quantitative estimate of drug-likeness (QED) is 0.820. The van der Waals surface area contributed by atoms with E-state index in [1.807, 2.05) is 12.1 Å². The van der Waals surface area contributed by atoms with Crippen LogP contribution in [-0.2, 0) is 6.54 Å². The number of hydrogen-bond donors (Lipinski definition) is 1. The third-order valence-electron chi connectivity index (χ3n) is 5.18. The van der Waals surface area contributed by atoms with Crippen LogP contribution in [0.1, 0.15) is 51.0 Å². The lowest BCUT2D eigenvalue weighted by atomic mass is 9.86. The summed E-state index contributed by atoms with van der Waals surface area (Å²) < 4.78 is 5.24. The molecular formula is C19H28N2OS. The van der Waals surface area contributed by atoms with Gasteiger partial charge in [-0.05, 0) is 61.5 Å². The molecule has 2 fully saturated rings. The van der Waals surface area contributed by atoms with Crippen LogP contribution in [-0.4, -0.2) is 29.2 Å². The fraction of sp³-hybridized carbons (Fsp3) is 0.632. The molecule has 0 spiro atoms. The maximum Gasteiger partial charge on any atom is 0.169 e. The van der Waals surface area contributed by atoms with Crippen LogP contribution >= 0.6 is 12.2 Å². The zero-order chi connectivity index (χ0) is 16.2. The molecule has 0 aromatic heterocycles. The molecule has 0 aliphatic heterocycles. The van der Waals surface area contributed by atoms with Crippen LogP contribution in [0.25, 0.3) is 0 Å². The molecule has 2 aliphatic carbocycles. The van der Waals surface area contributed by atoms with Crippen molar-refractivity contribution in [2.75, 3.05) is 7.11 Å². The van der Waals surface area contributed by atoms with Crippen molar-refractivity contribution >= 4 is 17.3 Å². The third kappa shape index (κ3) is 4.37. The number of rotatable bonds is 5. The second-order valence-corrected chi connectivity index (χ2v) is 7.41. The molecule has 2 atom stereocenters. The molecule has 0 heterocycles. The minimum absolute atomic E-state index is 0.549. The smallest absolute Gasteiger partial charge is 0.169 e. The summed E-state index contributed by atoms with van der Waals surface area (Å²) in [4.78, 5) is 2.39. The normalized spacial score (nSPS) is 24.1. The predicted octanol–water partition coefficient (Wildman–Crippen LogP) is 4.11. The van der Waals surface area contributed by atoms with Crippen LogP contribution in [0.4, 0.5) is 0 Å². The highest BCUT2D eigenvalue weighted by molar-refractivity contribution is 7.80. The number of nitrogens with one attached hydrogen (secondary N) is 1. The topological polar surface area (TPSA) is 24.5 Å². The van der Waals surface area contributed by atoms with Gasteiger partial charge in [0, 0.05) is 18.6 Å². The molecule has 4 heteroatoms. The van der Waals surface area contributed by atoms with E-state index in [-0.39, 0.29) is 0 Å². The van der Waals surface area contributed by atoms with Gasteiger partial charge < -0.3 is 15.0 Å². The third-order valence-corrected chi connectivity index (χ3v) is 5.53. The first-order valence-electron chi connectivity index (χ1n) is 8.87. The highest BCUT2D eigenvalue weighted by Crippen LogP contribution is 2.30. The zero-order valence-electron chi connectivity index (χ0n) is 14.3. The van der Waals surface area contributed by atoms with Crippen LogP contribution in [0, 0.1) is 5.92 Å². The minimum Gasteiger partial charge on any atom is -0.497 e. The summed E-state index contributed by atoms with van der Waals surface area (Å²) in [5.41, 5.74) is 1.29. The number of methoxy groups -OCH3 is 1. The number of benzene rings is 1. The second-order valence-electron chi connectivity index (χ2n) is 7.02. The van der Waals surface area contributed by atoms with Crippen molar-refractivity contribution < 1.29 is 4.74 Å². The molecular weight excluding hydrogens is 304 g/mol. The van der Waals surface area contributed by atoms with Crippen LogP contribution in [0.5, 0.6) is 5.75 Å². The van der Waals surface area contributed by atoms with E-state index in [0.717, 1.165) is 23.3 Å². The first-order chi connectivity index (χ1) is 11.2. The van der Waals surface area contributed by atoms with Gasteiger partial charge in [0.15, 0.2) is 5.11 Å². The first kappa shape index (κ1) is 16.6. The van der Waals surface area contributed by atoms with E-state index in [2.05, 4.69) is 29.3 Å². The lowest BCUT2D eigenvalue weighted by Gasteiger charge is -2.34. The number of nitrogens with zero attached hydrogens (tertiary/aromatic N) is 1. The molecule has 1 aromatic rings. The molecule has 1 aromatic carbocycles. The molecule has 0 amide bonds. The molecule has 126 valence electrons. The molecule has 0 unspecified atom stereocenters. The second kappa shape index (κ2) is 7.52. The van der Waals surface area contributed by atoms with E-state index < -0.39 is 0 Å². The van der Waals surface area contributed by atoms with Gasteiger partial charge in [-0.15, -0.1) is 0 Å². The van der Waals surface area contributed by atoms with Crippen molar-refractivity contribution in [3.8, 4) is 5.75 Å². The van der Waals surface area contributed by atoms with Gasteiger partial charge in [0.05, 0.1) is 7.11 Å². The lowest BCUT2D eigenvalue weighted by Crippen LogP contribution is -2.48. The fourth-order valence-corrected chi connectivity index (χ4v) is 3.82. The maximum absolute atomic E-state index is 5.76. The molecule has 0 bridgehead atoms. The SMILES string of the molecule is COc1ccc(CN(C(=S)N[C@@H]2CCCC[C@H]2C)C2CC2)cc1. The van der Waals surface area contributed by atoms with Crippen molar-refractivity contribution in [3.05, 3.63) is 29.8 Å². The molecule has 23 heavy (non-hydrogen) atoms. The average Bonchev–Trinajstić information content (AvgIpc) is 3.40. The summed E-state index contributed by atoms with van der Waals surface area (Å²) in [5, 5.41) is 4.61. The summed E-state index contributed by atoms with van der Waals surface area (Å²) in [7, 11) is 1.70. The minimum atomic E-state index is 0.549. The Bertz CT molecular complexity index is 527. The van der Waals surface area contributed by atoms with Gasteiger partial charge in [-0.2, -0.15) is 0 Å². The highest BCUT2D eigenvalue weighted by Gasteiger charge is 2.32. The predicted molar refractivity (Wildman–Crippen MR) is 98.7 cm³/mol. The fourth-order valence-electron chi connectivity index (χ4n) is 3.45. The van der Waals surface area contributed by atoms with Gasteiger partial charge >= 0.3 is 0 Å². The van der Waals surface area contributed by atoms with Crippen LogP contribution in [0.3, 0.4) is 0 Å². The summed E-state index contributed by atoms with van der Waals surface area (Å²) in [6.45, 7) is 3.24. The molecule has 3 rings (SSSR count). The Morgan fingerprint density at radius 2 is 1.87 bits per heavy atom. The Labute approximate surface area is 145 Å². The van der Waals surface area contributed by atoms with Crippen LogP contribution < -0.4 is 10.1 Å². The lowest BCUT2D eigenvalue weighted by molar-refractivity contribution is 0.294. The van der Waals surface area contributed by atoms with Gasteiger partial charge in [-0.1, -0.05) is 31.9 Å². The Hall–Kier alpha value is -1.29. The molecule has 0 saturated heterocycles. The van der Waals surface area contributed by atoms with Crippen molar-refractivity contribution in [2.45, 2.75) is 64.1 Å². The molecule has 2 saturated carbocycles. The van der Waals surface area contributed by atoms with Gasteiger partial charge in [0.1, 0.15) is 5.75 Å². The van der Waals surface area contributed by atoms with E-state index in [0.29, 0.717) is 12.1 Å². The number of thiocarbonyl (C=S) groups is 1. The van der Waals surface area contributed by atoms with E-state index >= 15 is 0 Å². The van der Waals surface area contributed by atoms with Gasteiger partial charge in [-0.25, -0.2) is 0 Å². The van der Waals surface area contributed by atoms with Gasteiger partial charge in [-0.3, -0.25) is 0 Å². The van der Waals surface area contributed by atoms with Gasteiger partial charge in [0.25, 0.3) is 0 Å². The molecule has 1 N–H and O–H groups in total. The Balaban J connectivity index is 1.62. The largest absolute Gasteiger partial charge is 0.497 e. The molecule has 2 aliphatic rings. The van der Waals surface area contributed by atoms with E-state index in [1.54, 1.807) is 7.11 Å². The number of hydrogen-bond acceptors (Lipinski definition) is 2. The highest BCUT2D eigenvalue weighted by atomic mass is 32.1. The van der Waals surface area contributed by atoms with Crippen molar-refractivity contribution in [1.29, 1.82) is 0 Å². The summed E-state index contributed by atoms with van der Waals surface area (Å²) in [6, 6.07) is 9.50. The van der Waals surface area contributed by atoms with E-state index in [1.165, 1.54) is 44.1 Å². The summed E-state index contributed by atoms with van der Waals surface area (Å²) in [6.07, 6.45) is 7.79. The summed E-state index contributed by atoms with van der Waals surface area (Å²) >= 11 is 5.76. The van der Waals surface area contributed by atoms with Gasteiger partial charge in [0.2, 0.25) is 0 Å². The van der Waals surface area contributed by atoms with Crippen molar-refractivity contribution in [1.82, 2.24) is 10.2 Å².